The van der Waals surface area contributed by atoms with Gasteiger partial charge in [0.25, 0.3) is 0 Å². The van der Waals surface area contributed by atoms with E-state index in [0.717, 1.165) is 70.1 Å². The van der Waals surface area contributed by atoms with Gasteiger partial charge in [0.05, 0.1) is 31.0 Å². The summed E-state index contributed by atoms with van der Waals surface area (Å²) >= 11 is 0. The van der Waals surface area contributed by atoms with Crippen molar-refractivity contribution in [2.24, 2.45) is 5.92 Å². The van der Waals surface area contributed by atoms with Crippen molar-refractivity contribution in [1.29, 1.82) is 0 Å². The van der Waals surface area contributed by atoms with Crippen LogP contribution in [0.1, 0.15) is 157 Å². The summed E-state index contributed by atoms with van der Waals surface area (Å²) in [5, 5.41) is 0. The van der Waals surface area contributed by atoms with Gasteiger partial charge in [-0.3, -0.25) is 9.59 Å². The summed E-state index contributed by atoms with van der Waals surface area (Å²) in [4.78, 5) is 27.1. The molecule has 0 saturated carbocycles. The minimum absolute atomic E-state index is 0.117. The van der Waals surface area contributed by atoms with Crippen molar-refractivity contribution in [2.45, 2.75) is 181 Å². The highest BCUT2D eigenvalue weighted by atomic mass is 16.5. The minimum Gasteiger partial charge on any atom is -0.377 e. The fraction of sp³-hybridized carbons (Fsp3) is 0.939. The predicted molar refractivity (Wildman–Crippen MR) is 160 cm³/mol. The van der Waals surface area contributed by atoms with E-state index in [0.29, 0.717) is 25.4 Å². The van der Waals surface area contributed by atoms with E-state index < -0.39 is 0 Å². The van der Waals surface area contributed by atoms with E-state index in [-0.39, 0.29) is 30.3 Å². The number of carbonyl (C=O) groups excluding carboxylic acids is 2. The third kappa shape index (κ3) is 18.4. The van der Waals surface area contributed by atoms with Crippen LogP contribution in [0, 0.1) is 5.92 Å². The largest absolute Gasteiger partial charge is 0.377 e. The van der Waals surface area contributed by atoms with Crippen LogP contribution in [-0.4, -0.2) is 54.1 Å². The number of ether oxygens (including phenoxy) is 2. The van der Waals surface area contributed by atoms with E-state index in [9.17, 15) is 9.59 Å². The number of nitrogens with zero attached hydrogens (tertiary/aromatic N) is 1. The third-order valence-corrected chi connectivity index (χ3v) is 7.62. The van der Waals surface area contributed by atoms with Gasteiger partial charge in [-0.15, -0.1) is 0 Å². The molecule has 0 aromatic heterocycles. The number of hydrogen-bond acceptors (Lipinski definition) is 4. The molecule has 2 atom stereocenters. The zero-order chi connectivity index (χ0) is 28.2. The van der Waals surface area contributed by atoms with E-state index in [1.165, 1.54) is 44.9 Å². The van der Waals surface area contributed by atoms with Crippen LogP contribution in [0.15, 0.2) is 0 Å². The number of rotatable bonds is 24. The molecule has 0 unspecified atom stereocenters. The van der Waals surface area contributed by atoms with Crippen LogP contribution in [0.4, 0.5) is 0 Å². The Balaban J connectivity index is 2.03. The second kappa shape index (κ2) is 21.8. The molecule has 1 fully saturated rings. The van der Waals surface area contributed by atoms with Gasteiger partial charge >= 0.3 is 0 Å². The summed E-state index contributed by atoms with van der Waals surface area (Å²) in [5.41, 5.74) is 0. The molecule has 0 aromatic rings. The molecule has 1 aliphatic rings. The Kier molecular flexibility index (Phi) is 20.2. The normalized spacial score (nSPS) is 17.9. The second-order valence-corrected chi connectivity index (χ2v) is 12.7. The van der Waals surface area contributed by atoms with E-state index in [1.807, 2.05) is 18.7 Å². The molecule has 0 bridgehead atoms. The average molecular weight is 538 g/mol. The monoisotopic (exact) mass is 537 g/mol. The van der Waals surface area contributed by atoms with Gasteiger partial charge in [0.2, 0.25) is 5.91 Å². The first-order valence-electron chi connectivity index (χ1n) is 16.3. The maximum absolute atomic E-state index is 12.9. The summed E-state index contributed by atoms with van der Waals surface area (Å²) in [6, 6.07) is 0.130. The smallest absolute Gasteiger partial charge is 0.222 e. The fourth-order valence-corrected chi connectivity index (χ4v) is 5.46. The number of carbonyl (C=O) groups is 2. The Hall–Kier alpha value is -0.940. The predicted octanol–water partition coefficient (Wildman–Crippen LogP) is 8.66. The molecule has 5 nitrogen and oxygen atoms in total. The molecule has 0 radical (unpaired) electrons. The van der Waals surface area contributed by atoms with Gasteiger partial charge in [-0.1, -0.05) is 84.5 Å². The van der Waals surface area contributed by atoms with Gasteiger partial charge in [0.15, 0.2) is 0 Å². The summed E-state index contributed by atoms with van der Waals surface area (Å²) < 4.78 is 11.8. The maximum Gasteiger partial charge on any atom is 0.222 e. The van der Waals surface area contributed by atoms with Gasteiger partial charge in [-0.2, -0.15) is 0 Å². The van der Waals surface area contributed by atoms with Crippen molar-refractivity contribution in [1.82, 2.24) is 4.90 Å². The molecule has 0 aromatic carbocycles. The van der Waals surface area contributed by atoms with Crippen molar-refractivity contribution in [3.8, 4) is 0 Å². The summed E-state index contributed by atoms with van der Waals surface area (Å²) in [6.45, 7) is 14.1. The molecular formula is C33H63NO4. The highest BCUT2D eigenvalue weighted by Crippen LogP contribution is 2.24. The molecule has 0 aliphatic carbocycles. The van der Waals surface area contributed by atoms with Crippen LogP contribution in [0.3, 0.4) is 0 Å². The number of hydrogen-bond donors (Lipinski definition) is 0. The third-order valence-electron chi connectivity index (χ3n) is 7.62. The summed E-state index contributed by atoms with van der Waals surface area (Å²) in [7, 11) is 0. The Bertz CT molecular complexity index is 604. The highest BCUT2D eigenvalue weighted by Gasteiger charge is 2.36. The van der Waals surface area contributed by atoms with Crippen LogP contribution in [0.5, 0.6) is 0 Å². The topological polar surface area (TPSA) is 55.8 Å². The molecule has 1 heterocycles. The Morgan fingerprint density at radius 1 is 0.684 bits per heavy atom. The van der Waals surface area contributed by atoms with Crippen LogP contribution < -0.4 is 0 Å². The summed E-state index contributed by atoms with van der Waals surface area (Å²) in [6.07, 6.45) is 20.3. The molecule has 1 saturated heterocycles. The molecule has 1 aliphatic heterocycles. The van der Waals surface area contributed by atoms with Crippen LogP contribution in [0.25, 0.3) is 0 Å². The fourth-order valence-electron chi connectivity index (χ4n) is 5.46. The lowest BCUT2D eigenvalue weighted by Gasteiger charge is -2.25. The van der Waals surface area contributed by atoms with Gasteiger partial charge in [-0.25, -0.2) is 0 Å². The lowest BCUT2D eigenvalue weighted by atomic mass is 10.0. The molecule has 1 rings (SSSR count). The van der Waals surface area contributed by atoms with Crippen LogP contribution >= 0.6 is 0 Å². The molecular weight excluding hydrogens is 474 g/mol. The maximum atomic E-state index is 12.9. The Labute approximate surface area is 236 Å². The first kappa shape index (κ1) is 35.1. The van der Waals surface area contributed by atoms with Crippen LogP contribution in [0.2, 0.25) is 0 Å². The molecule has 224 valence electrons. The second-order valence-electron chi connectivity index (χ2n) is 12.7. The Morgan fingerprint density at radius 3 is 1.68 bits per heavy atom. The lowest BCUT2D eigenvalue weighted by Crippen LogP contribution is -2.39. The van der Waals surface area contributed by atoms with Crippen molar-refractivity contribution in [3.63, 3.8) is 0 Å². The number of unbranched alkanes of at least 4 members (excludes halogenated alkanes) is 11. The standard InChI is InChI=1S/C33H63NO4/c1-27(2)20-16-12-8-7-9-13-17-21-31(35)22-18-14-10-11-15-19-23-33(36)34-25-32(38-29(5)6)24-30(34)26-37-28(3)4/h27-30,32H,7-26H2,1-6H3/t30-,32+/m0/s1. The van der Waals surface area contributed by atoms with E-state index in [2.05, 4.69) is 27.7 Å². The van der Waals surface area contributed by atoms with Gasteiger partial charge < -0.3 is 14.4 Å². The lowest BCUT2D eigenvalue weighted by molar-refractivity contribution is -0.134. The first-order valence-corrected chi connectivity index (χ1v) is 16.3. The molecule has 0 spiro atoms. The van der Waals surface area contributed by atoms with Gasteiger partial charge in [0, 0.05) is 25.8 Å². The molecule has 0 N–H and O–H groups in total. The number of amides is 1. The minimum atomic E-state index is 0.117. The van der Waals surface area contributed by atoms with Gasteiger partial charge in [-0.05, 0) is 59.3 Å². The number of likely N-dealkylation sites (tertiary alicyclic amines) is 1. The SMILES string of the molecule is CC(C)CCCCCCCCCC(=O)CCCCCCCCC(=O)N1C[C@H](OC(C)C)C[C@H]1COC(C)C. The van der Waals surface area contributed by atoms with Crippen LogP contribution in [-0.2, 0) is 19.1 Å². The zero-order valence-electron chi connectivity index (χ0n) is 26.1. The quantitative estimate of drug-likeness (QED) is 0.116. The highest BCUT2D eigenvalue weighted by molar-refractivity contribution is 5.78. The van der Waals surface area contributed by atoms with Crippen molar-refractivity contribution in [3.05, 3.63) is 0 Å². The molecule has 5 heteroatoms. The van der Waals surface area contributed by atoms with Crippen molar-refractivity contribution < 1.29 is 19.1 Å². The first-order chi connectivity index (χ1) is 18.2. The van der Waals surface area contributed by atoms with Crippen molar-refractivity contribution >= 4 is 11.7 Å². The Morgan fingerprint density at radius 2 is 1.18 bits per heavy atom. The number of Topliss-reactive ketones (excluding diaryl/α,β-unsaturated/α-hetero) is 1. The molecule has 1 amide bonds. The average Bonchev–Trinajstić information content (AvgIpc) is 3.24. The zero-order valence-corrected chi connectivity index (χ0v) is 26.1. The molecule has 38 heavy (non-hydrogen) atoms. The van der Waals surface area contributed by atoms with E-state index in [1.54, 1.807) is 0 Å². The number of ketones is 1. The van der Waals surface area contributed by atoms with Gasteiger partial charge in [0.1, 0.15) is 5.78 Å². The van der Waals surface area contributed by atoms with Crippen molar-refractivity contribution in [2.75, 3.05) is 13.2 Å². The summed E-state index contributed by atoms with van der Waals surface area (Å²) in [5.74, 6) is 1.53. The van der Waals surface area contributed by atoms with E-state index >= 15 is 0 Å². The van der Waals surface area contributed by atoms with E-state index in [4.69, 9.17) is 9.47 Å².